The molecule has 1 amide bonds. The van der Waals surface area contributed by atoms with Gasteiger partial charge in [0.25, 0.3) is 0 Å². The van der Waals surface area contributed by atoms with E-state index in [0.29, 0.717) is 0 Å². The summed E-state index contributed by atoms with van der Waals surface area (Å²) in [6, 6.07) is 4.21. The van der Waals surface area contributed by atoms with Crippen molar-refractivity contribution in [3.63, 3.8) is 0 Å². The van der Waals surface area contributed by atoms with Crippen LogP contribution in [0.25, 0.3) is 0 Å². The first kappa shape index (κ1) is 13.8. The van der Waals surface area contributed by atoms with E-state index in [-0.39, 0.29) is 11.8 Å². The second-order valence-electron chi connectivity index (χ2n) is 4.78. The second kappa shape index (κ2) is 5.85. The maximum atomic E-state index is 12.1. The van der Waals surface area contributed by atoms with Crippen LogP contribution < -0.4 is 5.32 Å². The molecule has 0 bridgehead atoms. The number of anilines is 1. The quantitative estimate of drug-likeness (QED) is 0.837. The molecule has 2 nitrogen and oxygen atoms in total. The fourth-order valence-corrected chi connectivity index (χ4v) is 2.26. The molecule has 0 aromatic heterocycles. The highest BCUT2D eigenvalue weighted by Crippen LogP contribution is 2.23. The minimum atomic E-state index is 0.120. The van der Waals surface area contributed by atoms with Gasteiger partial charge in [0.15, 0.2) is 0 Å². The zero-order chi connectivity index (χ0) is 13.0. The standard InChI is InChI=1S/C15H23NO/c1-6-13(7-2)15(17)16-14-11(4)8-10(3)9-12(14)5/h8-9,13H,6-7H2,1-5H3,(H,16,17). The highest BCUT2D eigenvalue weighted by atomic mass is 16.1. The summed E-state index contributed by atoms with van der Waals surface area (Å²) in [6.45, 7) is 10.3. The third-order valence-corrected chi connectivity index (χ3v) is 3.28. The van der Waals surface area contributed by atoms with Gasteiger partial charge in [0.1, 0.15) is 0 Å². The van der Waals surface area contributed by atoms with E-state index in [1.807, 2.05) is 13.8 Å². The molecule has 0 spiro atoms. The zero-order valence-corrected chi connectivity index (χ0v) is 11.6. The summed E-state index contributed by atoms with van der Waals surface area (Å²) in [4.78, 5) is 12.1. The number of nitrogens with one attached hydrogen (secondary N) is 1. The van der Waals surface area contributed by atoms with Crippen LogP contribution in [0.2, 0.25) is 0 Å². The van der Waals surface area contributed by atoms with Gasteiger partial charge in [-0.15, -0.1) is 0 Å². The van der Waals surface area contributed by atoms with Gasteiger partial charge in [-0.1, -0.05) is 31.5 Å². The number of aryl methyl sites for hydroxylation is 3. The molecule has 1 aromatic carbocycles. The molecular formula is C15H23NO. The third kappa shape index (κ3) is 3.32. The lowest BCUT2D eigenvalue weighted by molar-refractivity contribution is -0.120. The van der Waals surface area contributed by atoms with Crippen molar-refractivity contribution in [1.29, 1.82) is 0 Å². The minimum Gasteiger partial charge on any atom is -0.325 e. The van der Waals surface area contributed by atoms with Crippen molar-refractivity contribution >= 4 is 11.6 Å². The van der Waals surface area contributed by atoms with Crippen LogP contribution in [0.1, 0.15) is 43.4 Å². The fourth-order valence-electron chi connectivity index (χ4n) is 2.26. The van der Waals surface area contributed by atoms with Crippen LogP contribution >= 0.6 is 0 Å². The molecule has 0 aliphatic heterocycles. The van der Waals surface area contributed by atoms with Crippen LogP contribution in [0.3, 0.4) is 0 Å². The molecule has 94 valence electrons. The van der Waals surface area contributed by atoms with E-state index in [4.69, 9.17) is 0 Å². The Kier molecular flexibility index (Phi) is 4.73. The maximum Gasteiger partial charge on any atom is 0.227 e. The minimum absolute atomic E-state index is 0.120. The molecule has 1 aromatic rings. The number of hydrogen-bond donors (Lipinski definition) is 1. The van der Waals surface area contributed by atoms with E-state index in [0.717, 1.165) is 29.7 Å². The Morgan fingerprint density at radius 1 is 1.12 bits per heavy atom. The zero-order valence-electron chi connectivity index (χ0n) is 11.6. The summed E-state index contributed by atoms with van der Waals surface area (Å²) in [5, 5.41) is 3.07. The molecule has 2 heteroatoms. The van der Waals surface area contributed by atoms with Gasteiger partial charge < -0.3 is 5.32 Å². The molecule has 0 saturated heterocycles. The summed E-state index contributed by atoms with van der Waals surface area (Å²) in [7, 11) is 0. The van der Waals surface area contributed by atoms with Gasteiger partial charge >= 0.3 is 0 Å². The van der Waals surface area contributed by atoms with Crippen molar-refractivity contribution < 1.29 is 4.79 Å². The predicted molar refractivity (Wildman–Crippen MR) is 73.4 cm³/mol. The highest BCUT2D eigenvalue weighted by Gasteiger charge is 2.15. The van der Waals surface area contributed by atoms with Crippen molar-refractivity contribution in [1.82, 2.24) is 0 Å². The molecule has 0 aliphatic rings. The van der Waals surface area contributed by atoms with Crippen molar-refractivity contribution in [3.05, 3.63) is 28.8 Å². The van der Waals surface area contributed by atoms with E-state index in [1.165, 1.54) is 5.56 Å². The van der Waals surface area contributed by atoms with Crippen molar-refractivity contribution in [3.8, 4) is 0 Å². The predicted octanol–water partition coefficient (Wildman–Crippen LogP) is 3.99. The average Bonchev–Trinajstić information content (AvgIpc) is 2.25. The fraction of sp³-hybridized carbons (Fsp3) is 0.533. The summed E-state index contributed by atoms with van der Waals surface area (Å²) in [5.41, 5.74) is 4.50. The normalized spacial score (nSPS) is 10.7. The lowest BCUT2D eigenvalue weighted by Gasteiger charge is -2.16. The van der Waals surface area contributed by atoms with E-state index >= 15 is 0 Å². The number of amides is 1. The molecule has 1 N–H and O–H groups in total. The van der Waals surface area contributed by atoms with Crippen LogP contribution in [-0.4, -0.2) is 5.91 Å². The maximum absolute atomic E-state index is 12.1. The SMILES string of the molecule is CCC(CC)C(=O)Nc1c(C)cc(C)cc1C. The van der Waals surface area contributed by atoms with E-state index < -0.39 is 0 Å². The average molecular weight is 233 g/mol. The first-order chi connectivity index (χ1) is 7.99. The Balaban J connectivity index is 2.92. The monoisotopic (exact) mass is 233 g/mol. The van der Waals surface area contributed by atoms with E-state index in [9.17, 15) is 4.79 Å². The number of carbonyl (C=O) groups excluding carboxylic acids is 1. The number of hydrogen-bond acceptors (Lipinski definition) is 1. The largest absolute Gasteiger partial charge is 0.325 e. The van der Waals surface area contributed by atoms with Crippen LogP contribution in [-0.2, 0) is 4.79 Å². The van der Waals surface area contributed by atoms with Crippen molar-refractivity contribution in [2.75, 3.05) is 5.32 Å². The molecular weight excluding hydrogens is 210 g/mol. The third-order valence-electron chi connectivity index (χ3n) is 3.28. The van der Waals surface area contributed by atoms with Crippen molar-refractivity contribution in [2.45, 2.75) is 47.5 Å². The molecule has 0 atom stereocenters. The Morgan fingerprint density at radius 2 is 1.59 bits per heavy atom. The number of benzene rings is 1. The van der Waals surface area contributed by atoms with Crippen LogP contribution in [0.5, 0.6) is 0 Å². The van der Waals surface area contributed by atoms with Gasteiger partial charge in [-0.3, -0.25) is 4.79 Å². The van der Waals surface area contributed by atoms with Crippen LogP contribution in [0.4, 0.5) is 5.69 Å². The first-order valence-corrected chi connectivity index (χ1v) is 6.38. The first-order valence-electron chi connectivity index (χ1n) is 6.38. The van der Waals surface area contributed by atoms with Gasteiger partial charge in [0.2, 0.25) is 5.91 Å². The summed E-state index contributed by atoms with van der Waals surface area (Å²) < 4.78 is 0. The van der Waals surface area contributed by atoms with E-state index in [1.54, 1.807) is 0 Å². The second-order valence-corrected chi connectivity index (χ2v) is 4.78. The number of rotatable bonds is 4. The van der Waals surface area contributed by atoms with Gasteiger partial charge in [0, 0.05) is 11.6 Å². The molecule has 0 saturated carbocycles. The van der Waals surface area contributed by atoms with E-state index in [2.05, 4.69) is 38.2 Å². The molecule has 0 fully saturated rings. The Morgan fingerprint density at radius 3 is 2.00 bits per heavy atom. The Hall–Kier alpha value is -1.31. The highest BCUT2D eigenvalue weighted by molar-refractivity contribution is 5.94. The molecule has 0 aliphatic carbocycles. The summed E-state index contributed by atoms with van der Waals surface area (Å²) in [6.07, 6.45) is 1.79. The lowest BCUT2D eigenvalue weighted by Crippen LogP contribution is -2.22. The molecule has 0 radical (unpaired) electrons. The van der Waals surface area contributed by atoms with Gasteiger partial charge in [-0.05, 0) is 44.7 Å². The smallest absolute Gasteiger partial charge is 0.227 e. The lowest BCUT2D eigenvalue weighted by atomic mass is 10.0. The number of carbonyl (C=O) groups is 1. The molecule has 1 rings (SSSR count). The topological polar surface area (TPSA) is 29.1 Å². The van der Waals surface area contributed by atoms with Gasteiger partial charge in [-0.2, -0.15) is 0 Å². The molecule has 0 heterocycles. The Bertz CT molecular complexity index is 382. The summed E-state index contributed by atoms with van der Waals surface area (Å²) >= 11 is 0. The Labute approximate surface area is 104 Å². The summed E-state index contributed by atoms with van der Waals surface area (Å²) in [5.74, 6) is 0.264. The van der Waals surface area contributed by atoms with Crippen LogP contribution in [0.15, 0.2) is 12.1 Å². The van der Waals surface area contributed by atoms with Crippen molar-refractivity contribution in [2.24, 2.45) is 5.92 Å². The van der Waals surface area contributed by atoms with Gasteiger partial charge in [-0.25, -0.2) is 0 Å². The van der Waals surface area contributed by atoms with Gasteiger partial charge in [0.05, 0.1) is 0 Å². The molecule has 17 heavy (non-hydrogen) atoms. The van der Waals surface area contributed by atoms with Crippen LogP contribution in [0, 0.1) is 26.7 Å². The molecule has 0 unspecified atom stereocenters.